The average Bonchev–Trinajstić information content (AvgIpc) is 2.48. The Labute approximate surface area is 125 Å². The van der Waals surface area contributed by atoms with Crippen LogP contribution in [0.25, 0.3) is 0 Å². The summed E-state index contributed by atoms with van der Waals surface area (Å²) in [4.78, 5) is 18.3. The summed E-state index contributed by atoms with van der Waals surface area (Å²) < 4.78 is 0. The van der Waals surface area contributed by atoms with Crippen molar-refractivity contribution in [2.75, 3.05) is 25.0 Å². The fourth-order valence-corrected chi connectivity index (χ4v) is 3.49. The zero-order chi connectivity index (χ0) is 14.8. The van der Waals surface area contributed by atoms with Crippen LogP contribution in [0, 0.1) is 5.92 Å². The van der Waals surface area contributed by atoms with Crippen molar-refractivity contribution < 1.29 is 9.90 Å². The van der Waals surface area contributed by atoms with Crippen LogP contribution in [0.2, 0.25) is 0 Å². The highest BCUT2D eigenvalue weighted by Crippen LogP contribution is 2.29. The maximum absolute atomic E-state index is 11.3. The van der Waals surface area contributed by atoms with Gasteiger partial charge in [0.15, 0.2) is 0 Å². The SMILES string of the molecule is CCCc1cc(C(=O)O)cc(NC2CN3CCC2CC3)n1. The van der Waals surface area contributed by atoms with Crippen LogP contribution in [-0.2, 0) is 6.42 Å². The second-order valence-corrected chi connectivity index (χ2v) is 6.18. The van der Waals surface area contributed by atoms with Crippen molar-refractivity contribution in [3.63, 3.8) is 0 Å². The average molecular weight is 289 g/mol. The number of carboxylic acid groups (broad SMARTS) is 1. The predicted octanol–water partition coefficient (Wildman–Crippen LogP) is 2.24. The molecule has 5 heteroatoms. The number of anilines is 1. The van der Waals surface area contributed by atoms with Gasteiger partial charge in [0.1, 0.15) is 5.82 Å². The Morgan fingerprint density at radius 2 is 2.19 bits per heavy atom. The Kier molecular flexibility index (Phi) is 4.10. The van der Waals surface area contributed by atoms with E-state index < -0.39 is 5.97 Å². The van der Waals surface area contributed by atoms with Crippen LogP contribution in [0.5, 0.6) is 0 Å². The Bertz CT molecular complexity index is 524. The largest absolute Gasteiger partial charge is 0.478 e. The summed E-state index contributed by atoms with van der Waals surface area (Å²) in [6, 6.07) is 3.76. The lowest BCUT2D eigenvalue weighted by atomic mass is 9.84. The lowest BCUT2D eigenvalue weighted by Crippen LogP contribution is -2.53. The lowest BCUT2D eigenvalue weighted by molar-refractivity contribution is 0.0696. The summed E-state index contributed by atoms with van der Waals surface area (Å²) >= 11 is 0. The first-order valence-electron chi connectivity index (χ1n) is 7.89. The Morgan fingerprint density at radius 1 is 1.43 bits per heavy atom. The fraction of sp³-hybridized carbons (Fsp3) is 0.625. The van der Waals surface area contributed by atoms with E-state index in [0.29, 0.717) is 17.5 Å². The van der Waals surface area contributed by atoms with Crippen molar-refractivity contribution in [1.82, 2.24) is 9.88 Å². The van der Waals surface area contributed by atoms with Gasteiger partial charge in [0.2, 0.25) is 0 Å². The predicted molar refractivity (Wildman–Crippen MR) is 81.8 cm³/mol. The molecule has 3 aliphatic rings. The zero-order valence-electron chi connectivity index (χ0n) is 12.5. The first kappa shape index (κ1) is 14.3. The van der Waals surface area contributed by atoms with Gasteiger partial charge in [0, 0.05) is 18.3 Å². The van der Waals surface area contributed by atoms with Crippen LogP contribution in [-0.4, -0.2) is 46.6 Å². The number of hydrogen-bond donors (Lipinski definition) is 2. The second-order valence-electron chi connectivity index (χ2n) is 6.18. The molecule has 4 rings (SSSR count). The molecule has 1 aromatic heterocycles. The van der Waals surface area contributed by atoms with E-state index in [0.717, 1.165) is 30.9 Å². The normalized spacial score (nSPS) is 27.6. The summed E-state index contributed by atoms with van der Waals surface area (Å²) in [5.74, 6) is 0.531. The lowest BCUT2D eigenvalue weighted by Gasteiger charge is -2.45. The maximum atomic E-state index is 11.3. The first-order valence-corrected chi connectivity index (χ1v) is 7.89. The number of hydrogen-bond acceptors (Lipinski definition) is 4. The standard InChI is InChI=1S/C16H23N3O2/c1-2-3-13-8-12(16(20)21)9-15(17-13)18-14-10-19-6-4-11(14)5-7-19/h8-9,11,14H,2-7,10H2,1H3,(H,17,18)(H,20,21). The number of aromatic nitrogens is 1. The minimum Gasteiger partial charge on any atom is -0.478 e. The Balaban J connectivity index is 1.79. The van der Waals surface area contributed by atoms with Gasteiger partial charge in [0.05, 0.1) is 5.56 Å². The van der Waals surface area contributed by atoms with Crippen LogP contribution in [0.1, 0.15) is 42.2 Å². The van der Waals surface area contributed by atoms with E-state index in [-0.39, 0.29) is 0 Å². The summed E-state index contributed by atoms with van der Waals surface area (Å²) in [5, 5.41) is 12.7. The minimum absolute atomic E-state index is 0.331. The van der Waals surface area contributed by atoms with Gasteiger partial charge in [-0.2, -0.15) is 0 Å². The smallest absolute Gasteiger partial charge is 0.335 e. The third kappa shape index (κ3) is 3.18. The van der Waals surface area contributed by atoms with Crippen molar-refractivity contribution in [1.29, 1.82) is 0 Å². The van der Waals surface area contributed by atoms with E-state index in [1.54, 1.807) is 12.1 Å². The number of aryl methyl sites for hydroxylation is 1. The van der Waals surface area contributed by atoms with E-state index in [4.69, 9.17) is 0 Å². The summed E-state index contributed by atoms with van der Waals surface area (Å²) in [6.07, 6.45) is 4.25. The van der Waals surface area contributed by atoms with E-state index in [9.17, 15) is 9.90 Å². The van der Waals surface area contributed by atoms with Gasteiger partial charge in [-0.1, -0.05) is 13.3 Å². The Morgan fingerprint density at radius 3 is 2.76 bits per heavy atom. The van der Waals surface area contributed by atoms with Crippen LogP contribution in [0.15, 0.2) is 12.1 Å². The van der Waals surface area contributed by atoms with Crippen LogP contribution in [0.3, 0.4) is 0 Å². The molecule has 2 N–H and O–H groups in total. The molecule has 5 nitrogen and oxygen atoms in total. The molecule has 0 radical (unpaired) electrons. The number of piperidine rings is 3. The molecule has 1 unspecified atom stereocenters. The van der Waals surface area contributed by atoms with Crippen LogP contribution < -0.4 is 5.32 Å². The molecule has 0 saturated carbocycles. The number of rotatable bonds is 5. The van der Waals surface area contributed by atoms with E-state index in [2.05, 4.69) is 22.1 Å². The van der Waals surface area contributed by atoms with E-state index in [1.165, 1.54) is 25.9 Å². The summed E-state index contributed by atoms with van der Waals surface area (Å²) in [5.41, 5.74) is 1.19. The van der Waals surface area contributed by atoms with Gasteiger partial charge in [-0.15, -0.1) is 0 Å². The molecule has 0 aromatic carbocycles. The van der Waals surface area contributed by atoms with Gasteiger partial charge in [0.25, 0.3) is 0 Å². The Hall–Kier alpha value is -1.62. The molecule has 3 aliphatic heterocycles. The molecule has 3 fully saturated rings. The molecule has 3 saturated heterocycles. The number of carbonyl (C=O) groups is 1. The highest BCUT2D eigenvalue weighted by molar-refractivity contribution is 5.88. The maximum Gasteiger partial charge on any atom is 0.335 e. The second kappa shape index (κ2) is 6.02. The molecule has 1 atom stereocenters. The molecule has 4 heterocycles. The number of nitrogens with one attached hydrogen (secondary N) is 1. The summed E-state index contributed by atoms with van der Waals surface area (Å²) in [7, 11) is 0. The van der Waals surface area contributed by atoms with Crippen molar-refractivity contribution in [3.8, 4) is 0 Å². The molecule has 0 amide bonds. The molecule has 114 valence electrons. The number of aromatic carboxylic acids is 1. The van der Waals surface area contributed by atoms with E-state index in [1.807, 2.05) is 0 Å². The molecule has 0 aliphatic carbocycles. The topological polar surface area (TPSA) is 65.5 Å². The van der Waals surface area contributed by atoms with Gasteiger partial charge in [-0.3, -0.25) is 0 Å². The van der Waals surface area contributed by atoms with Crippen LogP contribution in [0.4, 0.5) is 5.82 Å². The molecular weight excluding hydrogens is 266 g/mol. The fourth-order valence-electron chi connectivity index (χ4n) is 3.49. The van der Waals surface area contributed by atoms with Gasteiger partial charge in [-0.05, 0) is 50.4 Å². The third-order valence-electron chi connectivity index (χ3n) is 4.62. The number of nitrogens with zero attached hydrogens (tertiary/aromatic N) is 2. The highest BCUT2D eigenvalue weighted by Gasteiger charge is 2.34. The van der Waals surface area contributed by atoms with Crippen molar-refractivity contribution in [2.24, 2.45) is 5.92 Å². The summed E-state index contributed by atoms with van der Waals surface area (Å²) in [6.45, 7) is 5.53. The number of carboxylic acids is 1. The van der Waals surface area contributed by atoms with Gasteiger partial charge >= 0.3 is 5.97 Å². The molecule has 1 aromatic rings. The monoisotopic (exact) mass is 289 g/mol. The molecule has 21 heavy (non-hydrogen) atoms. The van der Waals surface area contributed by atoms with Gasteiger partial charge < -0.3 is 15.3 Å². The zero-order valence-corrected chi connectivity index (χ0v) is 12.5. The highest BCUT2D eigenvalue weighted by atomic mass is 16.4. The van der Waals surface area contributed by atoms with Crippen LogP contribution >= 0.6 is 0 Å². The molecule has 0 spiro atoms. The molecular formula is C16H23N3O2. The third-order valence-corrected chi connectivity index (χ3v) is 4.62. The minimum atomic E-state index is -0.883. The van der Waals surface area contributed by atoms with Crippen molar-refractivity contribution in [2.45, 2.75) is 38.6 Å². The van der Waals surface area contributed by atoms with Crippen molar-refractivity contribution >= 4 is 11.8 Å². The molecule has 2 bridgehead atoms. The number of pyridine rings is 1. The van der Waals surface area contributed by atoms with Gasteiger partial charge in [-0.25, -0.2) is 9.78 Å². The quantitative estimate of drug-likeness (QED) is 0.870. The number of fused-ring (bicyclic) bond motifs is 3. The first-order chi connectivity index (χ1) is 10.2. The van der Waals surface area contributed by atoms with E-state index >= 15 is 0 Å². The van der Waals surface area contributed by atoms with Crippen molar-refractivity contribution in [3.05, 3.63) is 23.4 Å².